The number of halogens is 1. The van der Waals surface area contributed by atoms with Crippen LogP contribution < -0.4 is 4.74 Å². The summed E-state index contributed by atoms with van der Waals surface area (Å²) in [6, 6.07) is 7.28. The summed E-state index contributed by atoms with van der Waals surface area (Å²) in [5.74, 6) is 0.764. The van der Waals surface area contributed by atoms with Gasteiger partial charge in [-0.25, -0.2) is 0 Å². The molecule has 0 bridgehead atoms. The van der Waals surface area contributed by atoms with Crippen LogP contribution in [0.25, 0.3) is 0 Å². The maximum Gasteiger partial charge on any atom is 0.121 e. The summed E-state index contributed by atoms with van der Waals surface area (Å²) in [6.07, 6.45) is -0.0477. The SMILES string of the molecule is [CH2]C(C)Oc1cccc(Cl)c1. The molecule has 1 unspecified atom stereocenters. The quantitative estimate of drug-likeness (QED) is 0.662. The van der Waals surface area contributed by atoms with Gasteiger partial charge in [0.15, 0.2) is 0 Å². The molecule has 0 aliphatic rings. The van der Waals surface area contributed by atoms with Crippen molar-refractivity contribution in [3.8, 4) is 5.75 Å². The zero-order valence-electron chi connectivity index (χ0n) is 6.38. The van der Waals surface area contributed by atoms with Crippen LogP contribution in [0.2, 0.25) is 5.02 Å². The highest BCUT2D eigenvalue weighted by atomic mass is 35.5. The fraction of sp³-hybridized carbons (Fsp3) is 0.222. The third kappa shape index (κ3) is 2.81. The van der Waals surface area contributed by atoms with Crippen LogP contribution in [-0.4, -0.2) is 6.10 Å². The van der Waals surface area contributed by atoms with Crippen molar-refractivity contribution in [1.82, 2.24) is 0 Å². The van der Waals surface area contributed by atoms with Crippen molar-refractivity contribution in [1.29, 1.82) is 0 Å². The van der Waals surface area contributed by atoms with Crippen LogP contribution >= 0.6 is 11.6 Å². The van der Waals surface area contributed by atoms with Crippen LogP contribution in [0.3, 0.4) is 0 Å². The van der Waals surface area contributed by atoms with Gasteiger partial charge >= 0.3 is 0 Å². The van der Waals surface area contributed by atoms with E-state index in [1.165, 1.54) is 0 Å². The van der Waals surface area contributed by atoms with Gasteiger partial charge in [-0.2, -0.15) is 0 Å². The summed E-state index contributed by atoms with van der Waals surface area (Å²) in [4.78, 5) is 0. The average Bonchev–Trinajstić information content (AvgIpc) is 1.85. The molecule has 1 nitrogen and oxygen atoms in total. The fourth-order valence-corrected chi connectivity index (χ4v) is 0.953. The van der Waals surface area contributed by atoms with Crippen LogP contribution in [0.4, 0.5) is 0 Å². The van der Waals surface area contributed by atoms with Gasteiger partial charge in [-0.05, 0) is 32.0 Å². The zero-order valence-corrected chi connectivity index (χ0v) is 7.14. The molecule has 1 atom stereocenters. The lowest BCUT2D eigenvalue weighted by Crippen LogP contribution is -2.05. The van der Waals surface area contributed by atoms with Gasteiger partial charge in [0.1, 0.15) is 5.75 Å². The maximum atomic E-state index is 5.73. The summed E-state index contributed by atoms with van der Waals surface area (Å²) >= 11 is 5.73. The molecule has 59 valence electrons. The van der Waals surface area contributed by atoms with Crippen LogP contribution in [0, 0.1) is 6.92 Å². The summed E-state index contributed by atoms with van der Waals surface area (Å²) in [6.45, 7) is 5.57. The Bertz CT molecular complexity index is 233. The minimum absolute atomic E-state index is 0.0477. The van der Waals surface area contributed by atoms with Crippen molar-refractivity contribution in [2.24, 2.45) is 0 Å². The molecule has 2 heteroatoms. The Morgan fingerprint density at radius 1 is 1.55 bits per heavy atom. The maximum absolute atomic E-state index is 5.73. The molecule has 0 saturated carbocycles. The number of hydrogen-bond acceptors (Lipinski definition) is 1. The largest absolute Gasteiger partial charge is 0.491 e. The Morgan fingerprint density at radius 2 is 2.27 bits per heavy atom. The smallest absolute Gasteiger partial charge is 0.121 e. The molecular weight excluding hydrogens is 160 g/mol. The van der Waals surface area contributed by atoms with Gasteiger partial charge in [0.05, 0.1) is 6.10 Å². The molecule has 0 amide bonds. The van der Waals surface area contributed by atoms with E-state index in [0.717, 1.165) is 5.75 Å². The van der Waals surface area contributed by atoms with Crippen LogP contribution in [-0.2, 0) is 0 Å². The van der Waals surface area contributed by atoms with Gasteiger partial charge in [0.25, 0.3) is 0 Å². The van der Waals surface area contributed by atoms with Crippen molar-refractivity contribution in [2.75, 3.05) is 0 Å². The van der Waals surface area contributed by atoms with Gasteiger partial charge in [0.2, 0.25) is 0 Å². The number of benzene rings is 1. The second-order valence-corrected chi connectivity index (χ2v) is 2.82. The minimum Gasteiger partial charge on any atom is -0.491 e. The summed E-state index contributed by atoms with van der Waals surface area (Å²) in [5, 5.41) is 0.683. The predicted octanol–water partition coefficient (Wildman–Crippen LogP) is 2.94. The third-order valence-electron chi connectivity index (χ3n) is 1.13. The number of rotatable bonds is 2. The molecule has 1 aromatic rings. The van der Waals surface area contributed by atoms with Crippen molar-refractivity contribution >= 4 is 11.6 Å². The summed E-state index contributed by atoms with van der Waals surface area (Å²) in [7, 11) is 0. The zero-order chi connectivity index (χ0) is 8.27. The molecule has 0 fully saturated rings. The van der Waals surface area contributed by atoms with Gasteiger partial charge in [-0.15, -0.1) is 0 Å². The van der Waals surface area contributed by atoms with Crippen molar-refractivity contribution in [3.63, 3.8) is 0 Å². The molecule has 0 spiro atoms. The van der Waals surface area contributed by atoms with E-state index < -0.39 is 0 Å². The van der Waals surface area contributed by atoms with E-state index in [0.29, 0.717) is 5.02 Å². The minimum atomic E-state index is -0.0477. The van der Waals surface area contributed by atoms with E-state index in [-0.39, 0.29) is 6.10 Å². The highest BCUT2D eigenvalue weighted by molar-refractivity contribution is 6.30. The monoisotopic (exact) mass is 169 g/mol. The summed E-state index contributed by atoms with van der Waals surface area (Å²) < 4.78 is 5.30. The summed E-state index contributed by atoms with van der Waals surface area (Å²) in [5.41, 5.74) is 0. The van der Waals surface area contributed by atoms with Gasteiger partial charge in [0, 0.05) is 5.02 Å². The molecular formula is C9H10ClO. The molecule has 0 aliphatic carbocycles. The van der Waals surface area contributed by atoms with Gasteiger partial charge < -0.3 is 4.74 Å². The lowest BCUT2D eigenvalue weighted by Gasteiger charge is -2.08. The normalized spacial score (nSPS) is 10.2. The van der Waals surface area contributed by atoms with Crippen molar-refractivity contribution < 1.29 is 4.74 Å². The first-order valence-electron chi connectivity index (χ1n) is 3.44. The third-order valence-corrected chi connectivity index (χ3v) is 1.37. The van der Waals surface area contributed by atoms with E-state index in [2.05, 4.69) is 6.92 Å². The molecule has 0 heterocycles. The van der Waals surface area contributed by atoms with E-state index in [9.17, 15) is 0 Å². The van der Waals surface area contributed by atoms with E-state index >= 15 is 0 Å². The average molecular weight is 170 g/mol. The first kappa shape index (κ1) is 8.41. The van der Waals surface area contributed by atoms with Crippen LogP contribution in [0.5, 0.6) is 5.75 Å². The topological polar surface area (TPSA) is 9.23 Å². The Hall–Kier alpha value is -0.690. The van der Waals surface area contributed by atoms with Crippen LogP contribution in [0.1, 0.15) is 6.92 Å². The Balaban J connectivity index is 2.71. The molecule has 0 saturated heterocycles. The first-order valence-corrected chi connectivity index (χ1v) is 3.81. The lowest BCUT2D eigenvalue weighted by molar-refractivity contribution is 0.267. The van der Waals surface area contributed by atoms with E-state index in [1.807, 2.05) is 25.1 Å². The van der Waals surface area contributed by atoms with Gasteiger partial charge in [-0.3, -0.25) is 0 Å². The Morgan fingerprint density at radius 3 is 2.82 bits per heavy atom. The van der Waals surface area contributed by atoms with E-state index in [1.54, 1.807) is 6.07 Å². The highest BCUT2D eigenvalue weighted by Gasteiger charge is 1.96. The number of ether oxygens (including phenoxy) is 1. The molecule has 0 aromatic heterocycles. The number of hydrogen-bond donors (Lipinski definition) is 0. The molecule has 0 N–H and O–H groups in total. The molecule has 1 aromatic carbocycles. The van der Waals surface area contributed by atoms with Crippen molar-refractivity contribution in [3.05, 3.63) is 36.2 Å². The Kier molecular flexibility index (Phi) is 2.77. The molecule has 1 rings (SSSR count). The highest BCUT2D eigenvalue weighted by Crippen LogP contribution is 2.17. The lowest BCUT2D eigenvalue weighted by atomic mass is 10.3. The fourth-order valence-electron chi connectivity index (χ4n) is 0.773. The Labute approximate surface area is 71.9 Å². The van der Waals surface area contributed by atoms with E-state index in [4.69, 9.17) is 16.3 Å². The van der Waals surface area contributed by atoms with Gasteiger partial charge in [-0.1, -0.05) is 17.7 Å². The second-order valence-electron chi connectivity index (χ2n) is 2.39. The van der Waals surface area contributed by atoms with Crippen molar-refractivity contribution in [2.45, 2.75) is 13.0 Å². The van der Waals surface area contributed by atoms with Crippen LogP contribution in [0.15, 0.2) is 24.3 Å². The molecule has 0 aliphatic heterocycles. The second kappa shape index (κ2) is 3.63. The molecule has 1 radical (unpaired) electrons. The molecule has 11 heavy (non-hydrogen) atoms. The standard InChI is InChI=1S/C9H10ClO/c1-7(2)11-9-5-3-4-8(10)6-9/h3-7H,1H2,2H3. The predicted molar refractivity (Wildman–Crippen MR) is 46.9 cm³/mol. The first-order chi connectivity index (χ1) is 5.18.